The molecule has 2 atom stereocenters. The lowest BCUT2D eigenvalue weighted by Crippen LogP contribution is -2.59. The van der Waals surface area contributed by atoms with Crippen molar-refractivity contribution in [1.29, 1.82) is 0 Å². The molecule has 3 nitrogen and oxygen atoms in total. The van der Waals surface area contributed by atoms with Gasteiger partial charge in [-0.25, -0.2) is 0 Å². The molecule has 116 valence electrons. The van der Waals surface area contributed by atoms with E-state index >= 15 is 0 Å². The van der Waals surface area contributed by atoms with E-state index < -0.39 is 0 Å². The maximum Gasteiger partial charge on any atom is 0.0247 e. The van der Waals surface area contributed by atoms with Gasteiger partial charge in [-0.1, -0.05) is 13.8 Å². The molecule has 2 unspecified atom stereocenters. The normalized spacial score (nSPS) is 33.8. The van der Waals surface area contributed by atoms with E-state index in [1.165, 1.54) is 70.2 Å². The molecule has 3 saturated heterocycles. The van der Waals surface area contributed by atoms with Gasteiger partial charge in [0.25, 0.3) is 0 Å². The predicted octanol–water partition coefficient (Wildman–Crippen LogP) is 1.84. The third-order valence-electron chi connectivity index (χ3n) is 5.41. The second-order valence-corrected chi connectivity index (χ2v) is 8.28. The Bertz CT molecular complexity index is 304. The number of fused-ring (bicyclic) bond motifs is 1. The van der Waals surface area contributed by atoms with Crippen LogP contribution < -0.4 is 0 Å². The average molecular weight is 298 g/mol. The number of hydrogen-bond acceptors (Lipinski definition) is 4. The minimum Gasteiger partial charge on any atom is -0.300 e. The van der Waals surface area contributed by atoms with E-state index in [-0.39, 0.29) is 0 Å². The van der Waals surface area contributed by atoms with Gasteiger partial charge in [0, 0.05) is 62.9 Å². The highest BCUT2D eigenvalue weighted by molar-refractivity contribution is 7.99. The Morgan fingerprint density at radius 2 is 1.85 bits per heavy atom. The Morgan fingerprint density at radius 1 is 1.05 bits per heavy atom. The molecule has 20 heavy (non-hydrogen) atoms. The molecular weight excluding hydrogens is 266 g/mol. The van der Waals surface area contributed by atoms with E-state index in [1.54, 1.807) is 0 Å². The summed E-state index contributed by atoms with van der Waals surface area (Å²) in [6.07, 6.45) is 2.86. The fraction of sp³-hybridized carbons (Fsp3) is 1.00. The van der Waals surface area contributed by atoms with E-state index in [0.29, 0.717) is 0 Å². The smallest absolute Gasteiger partial charge is 0.0247 e. The van der Waals surface area contributed by atoms with Crippen LogP contribution in [0.15, 0.2) is 0 Å². The molecule has 0 aliphatic carbocycles. The summed E-state index contributed by atoms with van der Waals surface area (Å²) in [6.45, 7) is 14.0. The van der Waals surface area contributed by atoms with E-state index in [1.807, 2.05) is 0 Å². The highest BCUT2D eigenvalue weighted by atomic mass is 32.2. The molecule has 0 bridgehead atoms. The third-order valence-corrected chi connectivity index (χ3v) is 6.35. The molecule has 0 aromatic carbocycles. The summed E-state index contributed by atoms with van der Waals surface area (Å²) >= 11 is 2.12. The Kier molecular flexibility index (Phi) is 5.29. The summed E-state index contributed by atoms with van der Waals surface area (Å²) in [5.41, 5.74) is 0. The Balaban J connectivity index is 1.54. The fourth-order valence-corrected chi connectivity index (χ4v) is 5.07. The predicted molar refractivity (Wildman–Crippen MR) is 88.6 cm³/mol. The summed E-state index contributed by atoms with van der Waals surface area (Å²) < 4.78 is 0. The highest BCUT2D eigenvalue weighted by Crippen LogP contribution is 2.27. The van der Waals surface area contributed by atoms with Gasteiger partial charge >= 0.3 is 0 Å². The van der Waals surface area contributed by atoms with Crippen molar-refractivity contribution < 1.29 is 0 Å². The van der Waals surface area contributed by atoms with Crippen molar-refractivity contribution in [1.82, 2.24) is 14.7 Å². The number of hydrogen-bond donors (Lipinski definition) is 0. The van der Waals surface area contributed by atoms with Crippen LogP contribution in [0.4, 0.5) is 0 Å². The van der Waals surface area contributed by atoms with Crippen LogP contribution in [0, 0.1) is 5.92 Å². The Labute approximate surface area is 129 Å². The lowest BCUT2D eigenvalue weighted by molar-refractivity contribution is 0.0238. The molecule has 0 saturated carbocycles. The van der Waals surface area contributed by atoms with Crippen LogP contribution in [0.1, 0.15) is 26.7 Å². The maximum atomic E-state index is 2.82. The molecule has 4 heteroatoms. The minimum atomic E-state index is 0.781. The molecule has 0 aromatic rings. The van der Waals surface area contributed by atoms with Crippen molar-refractivity contribution >= 4 is 11.8 Å². The van der Waals surface area contributed by atoms with Gasteiger partial charge in [-0.15, -0.1) is 0 Å². The van der Waals surface area contributed by atoms with Crippen LogP contribution in [-0.2, 0) is 0 Å². The van der Waals surface area contributed by atoms with E-state index in [2.05, 4.69) is 40.3 Å². The fourth-order valence-electron chi connectivity index (χ4n) is 4.09. The van der Waals surface area contributed by atoms with Crippen molar-refractivity contribution in [2.45, 2.75) is 38.8 Å². The Hall–Kier alpha value is 0.230. The topological polar surface area (TPSA) is 9.72 Å². The van der Waals surface area contributed by atoms with Crippen LogP contribution in [-0.4, -0.2) is 84.1 Å². The van der Waals surface area contributed by atoms with E-state index in [4.69, 9.17) is 0 Å². The number of nitrogens with zero attached hydrogens (tertiary/aromatic N) is 3. The zero-order valence-corrected chi connectivity index (χ0v) is 14.1. The summed E-state index contributed by atoms with van der Waals surface area (Å²) in [5.74, 6) is 3.46. The number of piperazine rings is 1. The van der Waals surface area contributed by atoms with Gasteiger partial charge < -0.3 is 4.90 Å². The summed E-state index contributed by atoms with van der Waals surface area (Å²) in [5, 5.41) is 0. The molecule has 0 N–H and O–H groups in total. The molecule has 3 rings (SSSR count). The van der Waals surface area contributed by atoms with Crippen LogP contribution in [0.3, 0.4) is 0 Å². The van der Waals surface area contributed by atoms with Crippen molar-refractivity contribution in [3.05, 3.63) is 0 Å². The van der Waals surface area contributed by atoms with Gasteiger partial charge in [-0.05, 0) is 25.3 Å². The van der Waals surface area contributed by atoms with Crippen molar-refractivity contribution in [3.63, 3.8) is 0 Å². The molecule has 0 aromatic heterocycles. The number of rotatable bonds is 4. The molecular formula is C16H31N3S. The monoisotopic (exact) mass is 297 g/mol. The SMILES string of the molecule is CC(C)C1CN2CCCC2CN1CCN1CCSCC1. The quantitative estimate of drug-likeness (QED) is 0.783. The molecule has 3 aliphatic rings. The first-order chi connectivity index (χ1) is 9.74. The van der Waals surface area contributed by atoms with Crippen LogP contribution >= 0.6 is 11.8 Å². The van der Waals surface area contributed by atoms with Gasteiger partial charge in [-0.2, -0.15) is 11.8 Å². The molecule has 3 heterocycles. The second kappa shape index (κ2) is 6.99. The van der Waals surface area contributed by atoms with Crippen LogP contribution in [0.2, 0.25) is 0 Å². The maximum absolute atomic E-state index is 2.82. The van der Waals surface area contributed by atoms with Gasteiger partial charge in [0.05, 0.1) is 0 Å². The van der Waals surface area contributed by atoms with Gasteiger partial charge in [-0.3, -0.25) is 9.80 Å². The molecule has 3 aliphatic heterocycles. The summed E-state index contributed by atoms with van der Waals surface area (Å²) in [4.78, 5) is 8.26. The molecule has 3 fully saturated rings. The van der Waals surface area contributed by atoms with Crippen molar-refractivity contribution in [3.8, 4) is 0 Å². The zero-order chi connectivity index (χ0) is 13.9. The van der Waals surface area contributed by atoms with Gasteiger partial charge in [0.1, 0.15) is 0 Å². The zero-order valence-electron chi connectivity index (χ0n) is 13.3. The largest absolute Gasteiger partial charge is 0.300 e. The van der Waals surface area contributed by atoms with Gasteiger partial charge in [0.15, 0.2) is 0 Å². The first-order valence-corrected chi connectivity index (χ1v) is 9.67. The first kappa shape index (κ1) is 15.1. The van der Waals surface area contributed by atoms with Crippen molar-refractivity contribution in [2.24, 2.45) is 5.92 Å². The van der Waals surface area contributed by atoms with Crippen LogP contribution in [0.25, 0.3) is 0 Å². The second-order valence-electron chi connectivity index (χ2n) is 7.05. The van der Waals surface area contributed by atoms with Gasteiger partial charge in [0.2, 0.25) is 0 Å². The molecule has 0 spiro atoms. The van der Waals surface area contributed by atoms with E-state index in [0.717, 1.165) is 18.0 Å². The molecule has 0 amide bonds. The summed E-state index contributed by atoms with van der Waals surface area (Å²) in [7, 11) is 0. The lowest BCUT2D eigenvalue weighted by Gasteiger charge is -2.46. The first-order valence-electron chi connectivity index (χ1n) is 8.52. The lowest BCUT2D eigenvalue weighted by atomic mass is 9.97. The standard InChI is InChI=1S/C16H31N3S/c1-14(2)16-13-18-5-3-4-15(18)12-19(16)7-6-17-8-10-20-11-9-17/h14-16H,3-13H2,1-2H3. The Morgan fingerprint density at radius 3 is 2.60 bits per heavy atom. The summed E-state index contributed by atoms with van der Waals surface area (Å²) in [6, 6.07) is 1.64. The van der Waals surface area contributed by atoms with E-state index in [9.17, 15) is 0 Å². The molecule has 0 radical (unpaired) electrons. The van der Waals surface area contributed by atoms with Crippen molar-refractivity contribution in [2.75, 3.05) is 57.3 Å². The third kappa shape index (κ3) is 3.52. The minimum absolute atomic E-state index is 0.781. The number of thioether (sulfide) groups is 1. The van der Waals surface area contributed by atoms with Crippen LogP contribution in [0.5, 0.6) is 0 Å². The average Bonchev–Trinajstić information content (AvgIpc) is 2.92. The highest BCUT2D eigenvalue weighted by Gasteiger charge is 2.37.